The lowest BCUT2D eigenvalue weighted by molar-refractivity contribution is -0.162. The van der Waals surface area contributed by atoms with Crippen LogP contribution in [-0.2, 0) is 9.63 Å². The van der Waals surface area contributed by atoms with E-state index in [-0.39, 0.29) is 11.8 Å². The number of hydroxylamine groups is 2. The topological polar surface area (TPSA) is 29.5 Å². The predicted octanol–water partition coefficient (Wildman–Crippen LogP) is 2.75. The number of amides is 1. The molecule has 3 heteroatoms. The van der Waals surface area contributed by atoms with E-state index in [4.69, 9.17) is 4.84 Å². The van der Waals surface area contributed by atoms with Crippen molar-refractivity contribution in [2.75, 3.05) is 14.2 Å². The van der Waals surface area contributed by atoms with E-state index >= 15 is 0 Å². The Morgan fingerprint density at radius 3 is 2.35 bits per heavy atom. The minimum absolute atomic E-state index is 0.153. The quantitative estimate of drug-likeness (QED) is 0.591. The molecular weight excluding hydrogens is 214 g/mol. The lowest BCUT2D eigenvalue weighted by atomic mass is 9.95. The maximum absolute atomic E-state index is 11.8. The summed E-state index contributed by atoms with van der Waals surface area (Å²) in [5.74, 6) is 0.131. The average molecular weight is 233 g/mol. The lowest BCUT2D eigenvalue weighted by Crippen LogP contribution is -2.23. The van der Waals surface area contributed by atoms with Crippen molar-refractivity contribution in [3.63, 3.8) is 0 Å². The molecule has 0 bridgehead atoms. The van der Waals surface area contributed by atoms with E-state index in [1.54, 1.807) is 13.1 Å². The number of carbonyl (C=O) groups excluding carboxylic acids is 1. The number of allylic oxidation sites excluding steroid dienone is 1. The normalized spacial score (nSPS) is 11.7. The van der Waals surface area contributed by atoms with Gasteiger partial charge >= 0.3 is 0 Å². The van der Waals surface area contributed by atoms with E-state index in [0.29, 0.717) is 0 Å². The molecule has 0 unspecified atom stereocenters. The predicted molar refractivity (Wildman–Crippen MR) is 69.0 cm³/mol. The summed E-state index contributed by atoms with van der Waals surface area (Å²) in [7, 11) is 3.07. The SMILES string of the molecule is CON(C)C(=O)/C=C(/c1ccccc1)C(C)C. The van der Waals surface area contributed by atoms with Crippen LogP contribution < -0.4 is 0 Å². The van der Waals surface area contributed by atoms with Gasteiger partial charge in [-0.3, -0.25) is 9.63 Å². The lowest BCUT2D eigenvalue weighted by Gasteiger charge is -2.15. The first kappa shape index (κ1) is 13.5. The first-order chi connectivity index (χ1) is 8.06. The molecule has 0 heterocycles. The van der Waals surface area contributed by atoms with Gasteiger partial charge in [0.25, 0.3) is 5.91 Å². The average Bonchev–Trinajstić information content (AvgIpc) is 2.35. The van der Waals surface area contributed by atoms with Gasteiger partial charge in [0, 0.05) is 13.1 Å². The van der Waals surface area contributed by atoms with Crippen molar-refractivity contribution in [3.8, 4) is 0 Å². The Balaban J connectivity index is 3.03. The maximum atomic E-state index is 11.8. The molecule has 0 aliphatic heterocycles. The molecule has 0 aliphatic carbocycles. The molecule has 0 N–H and O–H groups in total. The molecule has 3 nitrogen and oxygen atoms in total. The van der Waals surface area contributed by atoms with Crippen LogP contribution in [0.15, 0.2) is 36.4 Å². The van der Waals surface area contributed by atoms with E-state index in [9.17, 15) is 4.79 Å². The highest BCUT2D eigenvalue weighted by molar-refractivity contribution is 5.94. The van der Waals surface area contributed by atoms with Crippen LogP contribution in [0.1, 0.15) is 19.4 Å². The van der Waals surface area contributed by atoms with Crippen molar-refractivity contribution < 1.29 is 9.63 Å². The fraction of sp³-hybridized carbons (Fsp3) is 0.357. The van der Waals surface area contributed by atoms with Crippen LogP contribution in [0.4, 0.5) is 0 Å². The molecule has 1 aromatic rings. The highest BCUT2D eigenvalue weighted by Gasteiger charge is 2.11. The summed E-state index contributed by atoms with van der Waals surface area (Å²) in [6.07, 6.45) is 1.63. The Kier molecular flexibility index (Phi) is 4.91. The number of likely N-dealkylation sites (N-methyl/N-ethyl adjacent to an activating group) is 1. The van der Waals surface area contributed by atoms with Crippen LogP contribution in [0.25, 0.3) is 5.57 Å². The number of hydrogen-bond donors (Lipinski definition) is 0. The number of carbonyl (C=O) groups is 1. The maximum Gasteiger partial charge on any atom is 0.270 e. The summed E-state index contributed by atoms with van der Waals surface area (Å²) in [5.41, 5.74) is 2.08. The Hall–Kier alpha value is -1.61. The van der Waals surface area contributed by atoms with E-state index in [0.717, 1.165) is 11.1 Å². The first-order valence-corrected chi connectivity index (χ1v) is 5.65. The van der Waals surface area contributed by atoms with Gasteiger partial charge in [-0.1, -0.05) is 44.2 Å². The van der Waals surface area contributed by atoms with Crippen LogP contribution >= 0.6 is 0 Å². The molecule has 0 aromatic heterocycles. The van der Waals surface area contributed by atoms with E-state index in [1.807, 2.05) is 30.3 Å². The molecule has 0 saturated heterocycles. The summed E-state index contributed by atoms with van der Waals surface area (Å²) in [4.78, 5) is 16.7. The number of benzene rings is 1. The van der Waals surface area contributed by atoms with Gasteiger partial charge in [-0.15, -0.1) is 0 Å². The van der Waals surface area contributed by atoms with Crippen LogP contribution in [0.5, 0.6) is 0 Å². The van der Waals surface area contributed by atoms with Crippen molar-refractivity contribution in [1.29, 1.82) is 0 Å². The van der Waals surface area contributed by atoms with E-state index < -0.39 is 0 Å². The monoisotopic (exact) mass is 233 g/mol. The van der Waals surface area contributed by atoms with Crippen molar-refractivity contribution in [2.45, 2.75) is 13.8 Å². The van der Waals surface area contributed by atoms with Crippen molar-refractivity contribution in [1.82, 2.24) is 5.06 Å². The Morgan fingerprint density at radius 1 is 1.29 bits per heavy atom. The van der Waals surface area contributed by atoms with Crippen molar-refractivity contribution in [2.24, 2.45) is 5.92 Å². The minimum Gasteiger partial charge on any atom is -0.274 e. The fourth-order valence-electron chi connectivity index (χ4n) is 1.53. The van der Waals surface area contributed by atoms with Crippen LogP contribution in [-0.4, -0.2) is 25.1 Å². The highest BCUT2D eigenvalue weighted by Crippen LogP contribution is 2.22. The van der Waals surface area contributed by atoms with Gasteiger partial charge in [-0.05, 0) is 17.1 Å². The Labute approximate surface area is 103 Å². The highest BCUT2D eigenvalue weighted by atomic mass is 16.7. The molecule has 17 heavy (non-hydrogen) atoms. The van der Waals surface area contributed by atoms with Crippen LogP contribution in [0, 0.1) is 5.92 Å². The summed E-state index contributed by atoms with van der Waals surface area (Å²) in [6, 6.07) is 9.91. The third-order valence-corrected chi connectivity index (χ3v) is 2.59. The van der Waals surface area contributed by atoms with Crippen LogP contribution in [0.3, 0.4) is 0 Å². The minimum atomic E-state index is -0.153. The Bertz CT molecular complexity index is 396. The summed E-state index contributed by atoms with van der Waals surface area (Å²) >= 11 is 0. The largest absolute Gasteiger partial charge is 0.274 e. The van der Waals surface area contributed by atoms with Gasteiger partial charge in [0.1, 0.15) is 0 Å². The second-order valence-electron chi connectivity index (χ2n) is 4.14. The second-order valence-corrected chi connectivity index (χ2v) is 4.14. The molecule has 0 spiro atoms. The summed E-state index contributed by atoms with van der Waals surface area (Å²) in [6.45, 7) is 4.14. The van der Waals surface area contributed by atoms with E-state index in [2.05, 4.69) is 13.8 Å². The molecule has 0 atom stereocenters. The van der Waals surface area contributed by atoms with Crippen molar-refractivity contribution >= 4 is 11.5 Å². The van der Waals surface area contributed by atoms with Gasteiger partial charge < -0.3 is 0 Å². The smallest absolute Gasteiger partial charge is 0.270 e. The molecule has 1 amide bonds. The number of nitrogens with zero attached hydrogens (tertiary/aromatic N) is 1. The van der Waals surface area contributed by atoms with Gasteiger partial charge in [-0.25, -0.2) is 5.06 Å². The zero-order chi connectivity index (χ0) is 12.8. The fourth-order valence-corrected chi connectivity index (χ4v) is 1.53. The van der Waals surface area contributed by atoms with Crippen molar-refractivity contribution in [3.05, 3.63) is 42.0 Å². The molecule has 92 valence electrons. The molecular formula is C14H19NO2. The molecule has 0 radical (unpaired) electrons. The summed E-state index contributed by atoms with van der Waals surface area (Å²) < 4.78 is 0. The van der Waals surface area contributed by atoms with Gasteiger partial charge in [0.2, 0.25) is 0 Å². The molecule has 1 rings (SSSR count). The first-order valence-electron chi connectivity index (χ1n) is 5.65. The zero-order valence-corrected chi connectivity index (χ0v) is 10.8. The van der Waals surface area contributed by atoms with E-state index in [1.165, 1.54) is 12.2 Å². The third kappa shape index (κ3) is 3.71. The van der Waals surface area contributed by atoms with Gasteiger partial charge in [0.15, 0.2) is 0 Å². The van der Waals surface area contributed by atoms with Crippen LogP contribution in [0.2, 0.25) is 0 Å². The molecule has 0 saturated carbocycles. The Morgan fingerprint density at radius 2 is 1.88 bits per heavy atom. The van der Waals surface area contributed by atoms with Gasteiger partial charge in [-0.2, -0.15) is 0 Å². The number of hydrogen-bond acceptors (Lipinski definition) is 2. The zero-order valence-electron chi connectivity index (χ0n) is 10.8. The standard InChI is InChI=1S/C14H19NO2/c1-11(2)13(10-14(16)15(3)17-4)12-8-6-5-7-9-12/h5-11H,1-4H3/b13-10+. The third-order valence-electron chi connectivity index (χ3n) is 2.59. The molecule has 1 aromatic carbocycles. The molecule has 0 aliphatic rings. The second kappa shape index (κ2) is 6.21. The number of rotatable bonds is 4. The van der Waals surface area contributed by atoms with Gasteiger partial charge in [0.05, 0.1) is 7.11 Å². The summed E-state index contributed by atoms with van der Waals surface area (Å²) in [5, 5.41) is 1.21. The molecule has 0 fully saturated rings.